The molecule has 3 nitrogen and oxygen atoms in total. The number of aryl methyl sites for hydroxylation is 1. The molecule has 0 bridgehead atoms. The van der Waals surface area contributed by atoms with Crippen LogP contribution in [0.25, 0.3) is 0 Å². The average molecular weight is 272 g/mol. The van der Waals surface area contributed by atoms with Crippen LogP contribution in [-0.4, -0.2) is 22.9 Å². The van der Waals surface area contributed by atoms with Gasteiger partial charge in [0.05, 0.1) is 6.04 Å². The first-order valence-electron chi connectivity index (χ1n) is 7.72. The van der Waals surface area contributed by atoms with Crippen LogP contribution in [0.4, 0.5) is 0 Å². The van der Waals surface area contributed by atoms with Gasteiger partial charge in [-0.25, -0.2) is 0 Å². The van der Waals surface area contributed by atoms with Gasteiger partial charge in [-0.3, -0.25) is 4.79 Å². The van der Waals surface area contributed by atoms with Crippen molar-refractivity contribution in [2.45, 2.75) is 64.1 Å². The number of carbonyl (C=O) groups excluding carboxylic acids is 1. The molecule has 1 heterocycles. The predicted molar refractivity (Wildman–Crippen MR) is 80.4 cm³/mol. The molecule has 2 unspecified atom stereocenters. The zero-order chi connectivity index (χ0) is 14.3. The molecule has 1 aromatic rings. The van der Waals surface area contributed by atoms with E-state index in [9.17, 15) is 4.79 Å². The number of benzene rings is 1. The summed E-state index contributed by atoms with van der Waals surface area (Å²) < 4.78 is 0. The lowest BCUT2D eigenvalue weighted by Crippen LogP contribution is -2.43. The second-order valence-corrected chi connectivity index (χ2v) is 6.32. The Labute approximate surface area is 121 Å². The largest absolute Gasteiger partial charge is 0.331 e. The lowest BCUT2D eigenvalue weighted by Gasteiger charge is -2.35. The monoisotopic (exact) mass is 272 g/mol. The van der Waals surface area contributed by atoms with Crippen molar-refractivity contribution in [3.8, 4) is 0 Å². The smallest absolute Gasteiger partial charge is 0.223 e. The molecule has 0 aromatic heterocycles. The normalized spacial score (nSPS) is 27.6. The Hall–Kier alpha value is -1.35. The van der Waals surface area contributed by atoms with E-state index in [1.165, 1.54) is 16.7 Å². The van der Waals surface area contributed by atoms with E-state index in [0.717, 1.165) is 25.7 Å². The number of hydrogen-bond acceptors (Lipinski definition) is 2. The summed E-state index contributed by atoms with van der Waals surface area (Å²) >= 11 is 0. The van der Waals surface area contributed by atoms with Crippen LogP contribution in [0.1, 0.15) is 54.8 Å². The number of amides is 1. The van der Waals surface area contributed by atoms with E-state index in [-0.39, 0.29) is 12.1 Å². The average Bonchev–Trinajstić information content (AvgIpc) is 3.23. The number of nitrogens with zero attached hydrogens (tertiary/aromatic N) is 1. The minimum atomic E-state index is 0.0579. The Bertz CT molecular complexity index is 522. The fourth-order valence-corrected chi connectivity index (χ4v) is 3.40. The van der Waals surface area contributed by atoms with Crippen LogP contribution >= 0.6 is 0 Å². The molecule has 2 atom stereocenters. The van der Waals surface area contributed by atoms with Gasteiger partial charge in [0.25, 0.3) is 0 Å². The molecule has 2 N–H and O–H groups in total. The van der Waals surface area contributed by atoms with Gasteiger partial charge in [0.15, 0.2) is 0 Å². The molecule has 2 aliphatic rings. The zero-order valence-electron chi connectivity index (χ0n) is 12.4. The van der Waals surface area contributed by atoms with Crippen molar-refractivity contribution in [3.05, 3.63) is 34.9 Å². The third-order valence-electron chi connectivity index (χ3n) is 4.83. The van der Waals surface area contributed by atoms with Gasteiger partial charge in [0, 0.05) is 18.5 Å². The van der Waals surface area contributed by atoms with Gasteiger partial charge >= 0.3 is 0 Å². The Morgan fingerprint density at radius 1 is 1.20 bits per heavy atom. The highest BCUT2D eigenvalue weighted by atomic mass is 16.2. The number of nitrogens with two attached hydrogens (primary N) is 1. The van der Waals surface area contributed by atoms with Gasteiger partial charge in [0.2, 0.25) is 5.91 Å². The van der Waals surface area contributed by atoms with Crippen molar-refractivity contribution in [2.24, 2.45) is 5.73 Å². The SMILES string of the molecule is Cc1cccc(C2C(N)CCCC(=O)N2C2CC2)c1C. The zero-order valence-corrected chi connectivity index (χ0v) is 12.4. The van der Waals surface area contributed by atoms with Gasteiger partial charge < -0.3 is 10.6 Å². The topological polar surface area (TPSA) is 46.3 Å². The fraction of sp³-hybridized carbons (Fsp3) is 0.588. The van der Waals surface area contributed by atoms with Crippen LogP contribution in [0.15, 0.2) is 18.2 Å². The summed E-state index contributed by atoms with van der Waals surface area (Å²) in [5, 5.41) is 0. The fourth-order valence-electron chi connectivity index (χ4n) is 3.40. The predicted octanol–water partition coefficient (Wildman–Crippen LogP) is 2.85. The van der Waals surface area contributed by atoms with Crippen LogP contribution in [-0.2, 0) is 4.79 Å². The van der Waals surface area contributed by atoms with Gasteiger partial charge in [0.1, 0.15) is 0 Å². The Morgan fingerprint density at radius 3 is 2.65 bits per heavy atom. The highest BCUT2D eigenvalue weighted by Gasteiger charge is 2.41. The van der Waals surface area contributed by atoms with Crippen molar-refractivity contribution in [2.75, 3.05) is 0 Å². The second kappa shape index (κ2) is 5.21. The Balaban J connectivity index is 2.05. The summed E-state index contributed by atoms with van der Waals surface area (Å²) in [5.74, 6) is 0.298. The van der Waals surface area contributed by atoms with E-state index < -0.39 is 0 Å². The van der Waals surface area contributed by atoms with E-state index in [0.29, 0.717) is 18.4 Å². The summed E-state index contributed by atoms with van der Waals surface area (Å²) in [6.07, 6.45) is 4.79. The van der Waals surface area contributed by atoms with Gasteiger partial charge in [-0.05, 0) is 56.2 Å². The molecule has 108 valence electrons. The Morgan fingerprint density at radius 2 is 1.95 bits per heavy atom. The molecule has 20 heavy (non-hydrogen) atoms. The minimum Gasteiger partial charge on any atom is -0.331 e. The number of likely N-dealkylation sites (tertiary alicyclic amines) is 1. The maximum absolute atomic E-state index is 12.5. The quantitative estimate of drug-likeness (QED) is 0.900. The summed E-state index contributed by atoms with van der Waals surface area (Å²) in [5.41, 5.74) is 10.3. The summed E-state index contributed by atoms with van der Waals surface area (Å²) in [6.45, 7) is 4.28. The molecule has 3 heteroatoms. The number of carbonyl (C=O) groups is 1. The van der Waals surface area contributed by atoms with E-state index in [4.69, 9.17) is 5.73 Å². The summed E-state index contributed by atoms with van der Waals surface area (Å²) in [4.78, 5) is 14.6. The van der Waals surface area contributed by atoms with Crippen LogP contribution in [0, 0.1) is 13.8 Å². The van der Waals surface area contributed by atoms with Crippen LogP contribution < -0.4 is 5.73 Å². The third-order valence-corrected chi connectivity index (χ3v) is 4.83. The second-order valence-electron chi connectivity index (χ2n) is 6.32. The van der Waals surface area contributed by atoms with E-state index >= 15 is 0 Å². The molecule has 0 radical (unpaired) electrons. The molecule has 1 saturated carbocycles. The maximum Gasteiger partial charge on any atom is 0.223 e. The lowest BCUT2D eigenvalue weighted by atomic mass is 9.91. The highest BCUT2D eigenvalue weighted by Crippen LogP contribution is 2.40. The lowest BCUT2D eigenvalue weighted by molar-refractivity contribution is -0.133. The number of rotatable bonds is 2. The van der Waals surface area contributed by atoms with Crippen LogP contribution in [0.2, 0.25) is 0 Å². The molecule has 1 saturated heterocycles. The first-order valence-corrected chi connectivity index (χ1v) is 7.72. The van der Waals surface area contributed by atoms with E-state index in [1.807, 2.05) is 0 Å². The van der Waals surface area contributed by atoms with Gasteiger partial charge in [-0.2, -0.15) is 0 Å². The van der Waals surface area contributed by atoms with Crippen molar-refractivity contribution >= 4 is 5.91 Å². The first-order chi connectivity index (χ1) is 9.59. The van der Waals surface area contributed by atoms with Crippen molar-refractivity contribution < 1.29 is 4.79 Å². The van der Waals surface area contributed by atoms with Crippen molar-refractivity contribution in [1.82, 2.24) is 4.90 Å². The summed E-state index contributed by atoms with van der Waals surface area (Å²) in [6, 6.07) is 6.92. The van der Waals surface area contributed by atoms with E-state index in [1.54, 1.807) is 0 Å². The molecule has 1 aliphatic heterocycles. The molecule has 3 rings (SSSR count). The highest BCUT2D eigenvalue weighted by molar-refractivity contribution is 5.78. The van der Waals surface area contributed by atoms with Gasteiger partial charge in [-0.15, -0.1) is 0 Å². The molecule has 1 amide bonds. The molecule has 1 aromatic carbocycles. The first kappa shape index (κ1) is 13.6. The van der Waals surface area contributed by atoms with Crippen molar-refractivity contribution in [1.29, 1.82) is 0 Å². The van der Waals surface area contributed by atoms with Crippen molar-refractivity contribution in [3.63, 3.8) is 0 Å². The molecular formula is C17H24N2O. The van der Waals surface area contributed by atoms with Crippen LogP contribution in [0.3, 0.4) is 0 Å². The minimum absolute atomic E-state index is 0.0579. The third kappa shape index (κ3) is 2.35. The molecular weight excluding hydrogens is 248 g/mol. The van der Waals surface area contributed by atoms with E-state index in [2.05, 4.69) is 36.9 Å². The standard InChI is InChI=1S/C17H24N2O/c1-11-5-3-6-14(12(11)2)17-15(18)7-4-8-16(20)19(17)13-9-10-13/h3,5-6,13,15,17H,4,7-10,18H2,1-2H3. The Kier molecular flexibility index (Phi) is 3.55. The maximum atomic E-state index is 12.5. The van der Waals surface area contributed by atoms with Crippen LogP contribution in [0.5, 0.6) is 0 Å². The number of hydrogen-bond donors (Lipinski definition) is 1. The molecule has 1 aliphatic carbocycles. The summed E-state index contributed by atoms with van der Waals surface area (Å²) in [7, 11) is 0. The van der Waals surface area contributed by atoms with Gasteiger partial charge in [-0.1, -0.05) is 18.2 Å². The molecule has 2 fully saturated rings. The molecule has 0 spiro atoms.